The van der Waals surface area contributed by atoms with Crippen molar-refractivity contribution in [3.63, 3.8) is 0 Å². The van der Waals surface area contributed by atoms with Crippen LogP contribution in [0.25, 0.3) is 0 Å². The highest BCUT2D eigenvalue weighted by Crippen LogP contribution is 2.33. The summed E-state index contributed by atoms with van der Waals surface area (Å²) < 4.78 is 21.0. The van der Waals surface area contributed by atoms with Crippen LogP contribution in [-0.4, -0.2) is 56.4 Å². The quantitative estimate of drug-likeness (QED) is 0.278. The molecule has 102 valence electrons. The Morgan fingerprint density at radius 3 is 2.53 bits per heavy atom. The molecule has 0 amide bonds. The van der Waals surface area contributed by atoms with Gasteiger partial charge in [0.25, 0.3) is 7.82 Å². The number of phosphoric acid groups is 1. The highest BCUT2D eigenvalue weighted by Gasteiger charge is 2.22. The van der Waals surface area contributed by atoms with Crippen LogP contribution in [0.1, 0.15) is 6.42 Å². The molecule has 0 aromatic heterocycles. The summed E-state index contributed by atoms with van der Waals surface area (Å²) in [5.74, 6) is 0. The molecule has 0 aliphatic heterocycles. The SMILES string of the molecule is C=CCOCCC(C[N+](C)(C)C)OP(=O)([O-])O. The van der Waals surface area contributed by atoms with Gasteiger partial charge in [-0.15, -0.1) is 6.58 Å². The summed E-state index contributed by atoms with van der Waals surface area (Å²) in [6, 6.07) is 0. The minimum absolute atomic E-state index is 0.358. The lowest BCUT2D eigenvalue weighted by atomic mass is 10.2. The predicted octanol–water partition coefficient (Wildman–Crippen LogP) is 0.131. The Hall–Kier alpha value is -0.230. The van der Waals surface area contributed by atoms with Gasteiger partial charge in [-0.25, -0.2) is 0 Å². The first-order valence-corrected chi connectivity index (χ1v) is 6.85. The summed E-state index contributed by atoms with van der Waals surface area (Å²) in [4.78, 5) is 19.4. The van der Waals surface area contributed by atoms with E-state index in [9.17, 15) is 9.46 Å². The number of hydrogen-bond donors (Lipinski definition) is 1. The second kappa shape index (κ2) is 7.26. The van der Waals surface area contributed by atoms with Crippen molar-refractivity contribution in [2.75, 3.05) is 40.9 Å². The third-order valence-corrected chi connectivity index (χ3v) is 2.42. The summed E-state index contributed by atoms with van der Waals surface area (Å²) in [5.41, 5.74) is 0. The maximum Gasteiger partial charge on any atom is 0.265 e. The molecule has 0 rings (SSSR count). The summed E-state index contributed by atoms with van der Waals surface area (Å²) >= 11 is 0. The molecule has 0 aromatic rings. The van der Waals surface area contributed by atoms with Gasteiger partial charge in [0.2, 0.25) is 0 Å². The molecule has 0 aromatic carbocycles. The highest BCUT2D eigenvalue weighted by molar-refractivity contribution is 7.44. The van der Waals surface area contributed by atoms with Crippen LogP contribution in [0.5, 0.6) is 0 Å². The van der Waals surface area contributed by atoms with Gasteiger partial charge in [-0.05, 0) is 0 Å². The zero-order chi connectivity index (χ0) is 13.5. The number of ether oxygens (including phenoxy) is 1. The van der Waals surface area contributed by atoms with Gasteiger partial charge in [0.05, 0.1) is 27.7 Å². The maximum atomic E-state index is 10.7. The van der Waals surface area contributed by atoms with Crippen molar-refractivity contribution in [2.24, 2.45) is 0 Å². The highest BCUT2D eigenvalue weighted by atomic mass is 31.2. The van der Waals surface area contributed by atoms with Crippen LogP contribution in [0.15, 0.2) is 12.7 Å². The number of phosphoric ester groups is 1. The van der Waals surface area contributed by atoms with Gasteiger partial charge in [0.15, 0.2) is 0 Å². The Morgan fingerprint density at radius 2 is 2.12 bits per heavy atom. The van der Waals surface area contributed by atoms with Gasteiger partial charge in [0.1, 0.15) is 12.6 Å². The van der Waals surface area contributed by atoms with E-state index in [-0.39, 0.29) is 0 Å². The van der Waals surface area contributed by atoms with E-state index in [0.717, 1.165) is 0 Å². The zero-order valence-corrected chi connectivity index (χ0v) is 11.6. The molecule has 0 aliphatic rings. The lowest BCUT2D eigenvalue weighted by Gasteiger charge is -2.31. The fraction of sp³-hybridized carbons (Fsp3) is 0.800. The van der Waals surface area contributed by atoms with E-state index in [1.807, 2.05) is 21.1 Å². The van der Waals surface area contributed by atoms with Gasteiger partial charge in [0, 0.05) is 13.0 Å². The third kappa shape index (κ3) is 12.0. The maximum absolute atomic E-state index is 10.7. The van der Waals surface area contributed by atoms with Gasteiger partial charge in [-0.2, -0.15) is 0 Å². The summed E-state index contributed by atoms with van der Waals surface area (Å²) in [6.07, 6.45) is 1.42. The summed E-state index contributed by atoms with van der Waals surface area (Å²) in [5, 5.41) is 0. The van der Waals surface area contributed by atoms with Crippen molar-refractivity contribution >= 4 is 7.82 Å². The first-order chi connectivity index (χ1) is 7.64. The molecule has 1 N–H and O–H groups in total. The number of rotatable bonds is 9. The molecule has 2 unspecified atom stereocenters. The van der Waals surface area contributed by atoms with Crippen molar-refractivity contribution in [3.05, 3.63) is 12.7 Å². The van der Waals surface area contributed by atoms with E-state index in [1.165, 1.54) is 0 Å². The van der Waals surface area contributed by atoms with Crippen LogP contribution in [0.4, 0.5) is 0 Å². The summed E-state index contributed by atoms with van der Waals surface area (Å²) in [6.45, 7) is 4.73. The Labute approximate surface area is 103 Å². The normalized spacial score (nSPS) is 17.5. The van der Waals surface area contributed by atoms with Crippen LogP contribution in [0.2, 0.25) is 0 Å². The van der Waals surface area contributed by atoms with Crippen LogP contribution in [0, 0.1) is 0 Å². The lowest BCUT2D eigenvalue weighted by Crippen LogP contribution is -2.42. The molecule has 0 saturated heterocycles. The molecule has 0 heterocycles. The largest absolute Gasteiger partial charge is 0.756 e. The minimum Gasteiger partial charge on any atom is -0.756 e. The Kier molecular flexibility index (Phi) is 7.16. The van der Waals surface area contributed by atoms with Crippen molar-refractivity contribution < 1.29 is 28.1 Å². The van der Waals surface area contributed by atoms with Gasteiger partial charge < -0.3 is 23.5 Å². The van der Waals surface area contributed by atoms with Crippen molar-refractivity contribution in [1.29, 1.82) is 0 Å². The molecule has 0 saturated carbocycles. The molecule has 6 nitrogen and oxygen atoms in total. The minimum atomic E-state index is -4.70. The van der Waals surface area contributed by atoms with Crippen LogP contribution >= 0.6 is 7.82 Å². The first kappa shape index (κ1) is 16.8. The molecule has 0 aliphatic carbocycles. The van der Waals surface area contributed by atoms with Crippen molar-refractivity contribution in [2.45, 2.75) is 12.5 Å². The van der Waals surface area contributed by atoms with E-state index < -0.39 is 13.9 Å². The molecule has 7 heteroatoms. The van der Waals surface area contributed by atoms with E-state index in [0.29, 0.717) is 30.7 Å². The molecule has 0 radical (unpaired) electrons. The van der Waals surface area contributed by atoms with Gasteiger partial charge >= 0.3 is 0 Å². The number of hydrogen-bond acceptors (Lipinski definition) is 4. The van der Waals surface area contributed by atoms with E-state index in [4.69, 9.17) is 9.63 Å². The third-order valence-electron chi connectivity index (χ3n) is 1.85. The van der Waals surface area contributed by atoms with E-state index in [1.54, 1.807) is 6.08 Å². The Balaban J connectivity index is 4.21. The smallest absolute Gasteiger partial charge is 0.265 e. The predicted molar refractivity (Wildman–Crippen MR) is 63.2 cm³/mol. The van der Waals surface area contributed by atoms with Crippen LogP contribution in [0.3, 0.4) is 0 Å². The van der Waals surface area contributed by atoms with Crippen LogP contribution in [-0.2, 0) is 13.8 Å². The number of nitrogens with zero attached hydrogens (tertiary/aromatic N) is 1. The van der Waals surface area contributed by atoms with Crippen molar-refractivity contribution in [3.8, 4) is 0 Å². The zero-order valence-electron chi connectivity index (χ0n) is 10.7. The molecule has 2 atom stereocenters. The Bertz CT molecular complexity index is 270. The molecule has 17 heavy (non-hydrogen) atoms. The Morgan fingerprint density at radius 1 is 1.53 bits per heavy atom. The monoisotopic (exact) mass is 267 g/mol. The van der Waals surface area contributed by atoms with Crippen molar-refractivity contribution in [1.82, 2.24) is 0 Å². The summed E-state index contributed by atoms with van der Waals surface area (Å²) in [7, 11) is 1.03. The van der Waals surface area contributed by atoms with E-state index >= 15 is 0 Å². The average molecular weight is 267 g/mol. The fourth-order valence-corrected chi connectivity index (χ4v) is 1.91. The number of quaternary nitrogens is 1. The fourth-order valence-electron chi connectivity index (χ4n) is 1.36. The second-order valence-electron chi connectivity index (χ2n) is 4.82. The number of likely N-dealkylation sites (N-methyl/N-ethyl adjacent to an activating group) is 1. The van der Waals surface area contributed by atoms with E-state index in [2.05, 4.69) is 11.1 Å². The first-order valence-electron chi connectivity index (χ1n) is 5.35. The molecular weight excluding hydrogens is 245 g/mol. The molecule has 0 fully saturated rings. The average Bonchev–Trinajstić information content (AvgIpc) is 2.06. The lowest BCUT2D eigenvalue weighted by molar-refractivity contribution is -0.873. The standard InChI is InChI=1S/C10H22NO5P/c1-5-7-15-8-6-10(9-11(2,3)4)16-17(12,13)14/h5,10H,1,6-9H2,2-4H3,(H-,12,13,14). The second-order valence-corrected chi connectivity index (χ2v) is 5.97. The van der Waals surface area contributed by atoms with Crippen LogP contribution < -0.4 is 4.89 Å². The molecule has 0 bridgehead atoms. The van der Waals surface area contributed by atoms with Gasteiger partial charge in [-0.1, -0.05) is 6.08 Å². The molecule has 0 spiro atoms. The topological polar surface area (TPSA) is 78.8 Å². The van der Waals surface area contributed by atoms with Gasteiger partial charge in [-0.3, -0.25) is 4.57 Å². The molecular formula is C10H22NO5P.